The van der Waals surface area contributed by atoms with Gasteiger partial charge in [0.1, 0.15) is 17.5 Å². The van der Waals surface area contributed by atoms with Crippen molar-refractivity contribution in [1.82, 2.24) is 20.0 Å². The summed E-state index contributed by atoms with van der Waals surface area (Å²) in [6.45, 7) is 13.7. The standard InChI is InChI=1S/C23H33N7.HI/c1-6-26-21(29-16-22(2,3)23(29,4)5)27-14-10-13-19-18(15-24)20(25)30(28-19)17-11-8-7-9-12-17;/h7-9,11-12H,6,10,13-14,16,25H2,1-5H3,(H,26,27);1H. The van der Waals surface area contributed by atoms with Crippen LogP contribution in [0.15, 0.2) is 35.3 Å². The number of halogens is 1. The maximum atomic E-state index is 9.57. The largest absolute Gasteiger partial charge is 0.382 e. The molecule has 2 heterocycles. The molecule has 0 radical (unpaired) electrons. The van der Waals surface area contributed by atoms with E-state index in [4.69, 9.17) is 10.7 Å². The van der Waals surface area contributed by atoms with Crippen molar-refractivity contribution >= 4 is 35.8 Å². The number of nitrogens with zero attached hydrogens (tertiary/aromatic N) is 5. The quantitative estimate of drug-likeness (QED) is 0.253. The molecule has 2 aromatic rings. The molecule has 1 aliphatic rings. The van der Waals surface area contributed by atoms with Gasteiger partial charge in [-0.25, -0.2) is 4.68 Å². The van der Waals surface area contributed by atoms with Crippen molar-refractivity contribution in [2.24, 2.45) is 10.4 Å². The molecule has 0 atom stereocenters. The van der Waals surface area contributed by atoms with E-state index in [0.29, 0.717) is 24.3 Å². The van der Waals surface area contributed by atoms with Gasteiger partial charge >= 0.3 is 0 Å². The van der Waals surface area contributed by atoms with Gasteiger partial charge in [0, 0.05) is 30.6 Å². The van der Waals surface area contributed by atoms with Gasteiger partial charge in [-0.3, -0.25) is 4.99 Å². The number of hydrogen-bond donors (Lipinski definition) is 2. The van der Waals surface area contributed by atoms with Crippen LogP contribution in [0.3, 0.4) is 0 Å². The van der Waals surface area contributed by atoms with E-state index in [1.54, 1.807) is 4.68 Å². The highest BCUT2D eigenvalue weighted by molar-refractivity contribution is 14.0. The molecule has 7 nitrogen and oxygen atoms in total. The van der Waals surface area contributed by atoms with Crippen molar-refractivity contribution in [3.63, 3.8) is 0 Å². The second-order valence-electron chi connectivity index (χ2n) is 8.93. The van der Waals surface area contributed by atoms with Crippen LogP contribution < -0.4 is 11.1 Å². The van der Waals surface area contributed by atoms with E-state index in [1.165, 1.54) is 0 Å². The summed E-state index contributed by atoms with van der Waals surface area (Å²) in [5.41, 5.74) is 8.55. The SMILES string of the molecule is CCNC(=NCCCc1nn(-c2ccccc2)c(N)c1C#N)N1CC(C)(C)C1(C)C.I. The van der Waals surface area contributed by atoms with Gasteiger partial charge in [0.2, 0.25) is 0 Å². The number of anilines is 1. The molecule has 1 aromatic heterocycles. The van der Waals surface area contributed by atoms with Crippen molar-refractivity contribution in [2.45, 2.75) is 53.0 Å². The molecule has 1 aliphatic heterocycles. The van der Waals surface area contributed by atoms with E-state index in [-0.39, 0.29) is 34.9 Å². The fourth-order valence-electron chi connectivity index (χ4n) is 3.77. The number of hydrogen-bond acceptors (Lipinski definition) is 4. The number of aliphatic imine (C=N–C) groups is 1. The summed E-state index contributed by atoms with van der Waals surface area (Å²) in [5, 5.41) is 17.6. The van der Waals surface area contributed by atoms with Crippen molar-refractivity contribution in [3.05, 3.63) is 41.6 Å². The fourth-order valence-corrected chi connectivity index (χ4v) is 3.77. The summed E-state index contributed by atoms with van der Waals surface area (Å²) in [5.74, 6) is 1.34. The average Bonchev–Trinajstić information content (AvgIpc) is 3.04. The Labute approximate surface area is 202 Å². The van der Waals surface area contributed by atoms with E-state index < -0.39 is 0 Å². The second-order valence-corrected chi connectivity index (χ2v) is 8.93. The highest BCUT2D eigenvalue weighted by atomic mass is 127. The van der Waals surface area contributed by atoms with Crippen molar-refractivity contribution in [1.29, 1.82) is 5.26 Å². The molecule has 3 N–H and O–H groups in total. The highest BCUT2D eigenvalue weighted by Gasteiger charge is 2.53. The van der Waals surface area contributed by atoms with Crippen LogP contribution in [-0.4, -0.2) is 45.8 Å². The number of guanidine groups is 1. The van der Waals surface area contributed by atoms with E-state index in [2.05, 4.69) is 56.0 Å². The van der Waals surface area contributed by atoms with Gasteiger partial charge in [0.05, 0.1) is 11.4 Å². The van der Waals surface area contributed by atoms with Gasteiger partial charge in [-0.1, -0.05) is 32.0 Å². The Morgan fingerprint density at radius 3 is 2.48 bits per heavy atom. The average molecular weight is 535 g/mol. The summed E-state index contributed by atoms with van der Waals surface area (Å²) >= 11 is 0. The van der Waals surface area contributed by atoms with Crippen LogP contribution in [0, 0.1) is 16.7 Å². The molecular formula is C23H34IN7. The Bertz CT molecular complexity index is 954. The van der Waals surface area contributed by atoms with Crippen LogP contribution >= 0.6 is 24.0 Å². The Kier molecular flexibility index (Phi) is 7.98. The number of para-hydroxylation sites is 1. The third-order valence-electron chi connectivity index (χ3n) is 6.41. The minimum absolute atomic E-state index is 0. The second kappa shape index (κ2) is 9.90. The lowest BCUT2D eigenvalue weighted by Crippen LogP contribution is -2.72. The molecule has 0 aliphatic carbocycles. The summed E-state index contributed by atoms with van der Waals surface area (Å²) in [7, 11) is 0. The number of aryl methyl sites for hydroxylation is 1. The Morgan fingerprint density at radius 2 is 1.94 bits per heavy atom. The van der Waals surface area contributed by atoms with Gasteiger partial charge in [0.15, 0.2) is 5.96 Å². The normalized spacial score (nSPS) is 16.8. The first-order valence-corrected chi connectivity index (χ1v) is 10.6. The summed E-state index contributed by atoms with van der Waals surface area (Å²) in [4.78, 5) is 7.18. The molecular weight excluding hydrogens is 501 g/mol. The minimum Gasteiger partial charge on any atom is -0.382 e. The number of benzene rings is 1. The Balaban J connectivity index is 0.00000341. The first kappa shape index (κ1) is 25.0. The zero-order chi connectivity index (χ0) is 21.9. The first-order valence-electron chi connectivity index (χ1n) is 10.6. The summed E-state index contributed by atoms with van der Waals surface area (Å²) < 4.78 is 1.64. The number of likely N-dealkylation sites (tertiary alicyclic amines) is 1. The molecule has 3 rings (SSSR count). The van der Waals surface area contributed by atoms with Gasteiger partial charge in [-0.05, 0) is 45.7 Å². The third-order valence-corrected chi connectivity index (χ3v) is 6.41. The highest BCUT2D eigenvalue weighted by Crippen LogP contribution is 2.46. The van der Waals surface area contributed by atoms with Crippen molar-refractivity contribution < 1.29 is 0 Å². The van der Waals surface area contributed by atoms with Crippen LogP contribution in [0.25, 0.3) is 5.69 Å². The number of nitrogens with two attached hydrogens (primary N) is 1. The molecule has 1 aromatic carbocycles. The maximum absolute atomic E-state index is 9.57. The first-order chi connectivity index (χ1) is 14.2. The summed E-state index contributed by atoms with van der Waals surface area (Å²) in [6, 6.07) is 11.9. The van der Waals surface area contributed by atoms with Crippen LogP contribution in [0.1, 0.15) is 52.3 Å². The monoisotopic (exact) mass is 535 g/mol. The van der Waals surface area contributed by atoms with E-state index in [1.807, 2.05) is 30.3 Å². The molecule has 0 bridgehead atoms. The number of nitriles is 1. The van der Waals surface area contributed by atoms with Crippen LogP contribution in [0.4, 0.5) is 5.82 Å². The smallest absolute Gasteiger partial charge is 0.194 e. The van der Waals surface area contributed by atoms with Crippen molar-refractivity contribution in [2.75, 3.05) is 25.4 Å². The zero-order valence-corrected chi connectivity index (χ0v) is 21.5. The summed E-state index contributed by atoms with van der Waals surface area (Å²) in [6.07, 6.45) is 1.46. The minimum atomic E-state index is 0. The van der Waals surface area contributed by atoms with Crippen LogP contribution in [-0.2, 0) is 6.42 Å². The molecule has 0 unspecified atom stereocenters. The molecule has 0 amide bonds. The predicted molar refractivity (Wildman–Crippen MR) is 137 cm³/mol. The van der Waals surface area contributed by atoms with Crippen LogP contribution in [0.5, 0.6) is 0 Å². The van der Waals surface area contributed by atoms with Crippen molar-refractivity contribution in [3.8, 4) is 11.8 Å². The van der Waals surface area contributed by atoms with Gasteiger partial charge in [-0.2, -0.15) is 10.4 Å². The van der Waals surface area contributed by atoms with Gasteiger partial charge in [0.25, 0.3) is 0 Å². The lowest BCUT2D eigenvalue weighted by molar-refractivity contribution is -0.0667. The number of aromatic nitrogens is 2. The lowest BCUT2D eigenvalue weighted by atomic mass is 9.65. The number of nitrogen functional groups attached to an aromatic ring is 1. The Hall–Kier alpha value is -2.28. The Morgan fingerprint density at radius 1 is 1.26 bits per heavy atom. The zero-order valence-electron chi connectivity index (χ0n) is 19.1. The molecule has 0 spiro atoms. The van der Waals surface area contributed by atoms with E-state index >= 15 is 0 Å². The predicted octanol–water partition coefficient (Wildman–Crippen LogP) is 3.96. The topological polar surface area (TPSA) is 95.3 Å². The molecule has 1 fully saturated rings. The van der Waals surface area contributed by atoms with E-state index in [9.17, 15) is 5.26 Å². The van der Waals surface area contributed by atoms with E-state index in [0.717, 1.165) is 36.9 Å². The fraction of sp³-hybridized carbons (Fsp3) is 0.522. The van der Waals surface area contributed by atoms with Crippen LogP contribution in [0.2, 0.25) is 0 Å². The molecule has 1 saturated heterocycles. The maximum Gasteiger partial charge on any atom is 0.194 e. The van der Waals surface area contributed by atoms with Gasteiger partial charge < -0.3 is 16.0 Å². The third kappa shape index (κ3) is 4.81. The molecule has 31 heavy (non-hydrogen) atoms. The number of nitrogens with one attached hydrogen (secondary N) is 1. The molecule has 168 valence electrons. The lowest BCUT2D eigenvalue weighted by Gasteiger charge is -2.62. The number of rotatable bonds is 6. The van der Waals surface area contributed by atoms with Gasteiger partial charge in [-0.15, -0.1) is 24.0 Å². The molecule has 0 saturated carbocycles. The molecule has 8 heteroatoms.